The molecule has 0 radical (unpaired) electrons. The summed E-state index contributed by atoms with van der Waals surface area (Å²) in [6, 6.07) is 17.5. The predicted molar refractivity (Wildman–Crippen MR) is 134 cm³/mol. The quantitative estimate of drug-likeness (QED) is 0.317. The van der Waals surface area contributed by atoms with Crippen molar-refractivity contribution in [3.05, 3.63) is 77.0 Å². The molecule has 178 valence electrons. The second kappa shape index (κ2) is 10.8. The average Bonchev–Trinajstić information content (AvgIpc) is 3.23. The molecule has 0 spiro atoms. The van der Waals surface area contributed by atoms with Crippen LogP contribution in [0.1, 0.15) is 51.3 Å². The Bertz CT molecular complexity index is 1160. The molecule has 8 heteroatoms. The Labute approximate surface area is 204 Å². The summed E-state index contributed by atoms with van der Waals surface area (Å²) in [5.74, 6) is 1.79. The molecule has 0 saturated carbocycles. The highest BCUT2D eigenvalue weighted by molar-refractivity contribution is 7.98. The minimum atomic E-state index is -0.457. The summed E-state index contributed by atoms with van der Waals surface area (Å²) in [6.07, 6.45) is 0.710. The number of rotatable bonds is 9. The second-order valence-electron chi connectivity index (χ2n) is 8.37. The number of nitrogens with zero attached hydrogens (tertiary/aromatic N) is 3. The van der Waals surface area contributed by atoms with E-state index >= 15 is 0 Å². The molecular formula is C26H30N4O3S. The van der Waals surface area contributed by atoms with Gasteiger partial charge in [0, 0.05) is 11.4 Å². The van der Waals surface area contributed by atoms with E-state index in [-0.39, 0.29) is 12.1 Å². The third-order valence-electron chi connectivity index (χ3n) is 5.28. The zero-order chi connectivity index (χ0) is 24.1. The van der Waals surface area contributed by atoms with Crippen molar-refractivity contribution >= 4 is 23.7 Å². The number of benzene rings is 2. The lowest BCUT2D eigenvalue weighted by Crippen LogP contribution is -2.30. The summed E-state index contributed by atoms with van der Waals surface area (Å²) in [7, 11) is 0. The Morgan fingerprint density at radius 2 is 1.88 bits per heavy atom. The van der Waals surface area contributed by atoms with Gasteiger partial charge < -0.3 is 14.8 Å². The zero-order valence-electron chi connectivity index (χ0n) is 19.9. The van der Waals surface area contributed by atoms with E-state index < -0.39 is 6.04 Å². The van der Waals surface area contributed by atoms with Gasteiger partial charge in [0.15, 0.2) is 0 Å². The fourth-order valence-corrected chi connectivity index (χ4v) is 4.52. The van der Waals surface area contributed by atoms with E-state index in [9.17, 15) is 4.79 Å². The summed E-state index contributed by atoms with van der Waals surface area (Å²) in [4.78, 5) is 17.8. The molecule has 1 unspecified atom stereocenters. The number of aromatic nitrogens is 3. The predicted octanol–water partition coefficient (Wildman–Crippen LogP) is 5.60. The van der Waals surface area contributed by atoms with Gasteiger partial charge >= 0.3 is 5.97 Å². The van der Waals surface area contributed by atoms with E-state index in [4.69, 9.17) is 19.6 Å². The summed E-state index contributed by atoms with van der Waals surface area (Å²) < 4.78 is 13.1. The maximum absolute atomic E-state index is 13.1. The van der Waals surface area contributed by atoms with E-state index in [1.807, 2.05) is 63.2 Å². The van der Waals surface area contributed by atoms with Crippen molar-refractivity contribution in [1.29, 1.82) is 0 Å². The Morgan fingerprint density at radius 1 is 1.15 bits per heavy atom. The number of nitrogens with one attached hydrogen (secondary N) is 1. The van der Waals surface area contributed by atoms with E-state index in [1.54, 1.807) is 16.4 Å². The fraction of sp³-hybridized carbons (Fsp3) is 0.346. The Balaban J connectivity index is 1.67. The molecule has 0 saturated heterocycles. The standard InChI is InChI=1S/C26H30N4O3S/c1-5-15-32-21-13-11-20(12-14-21)23-22(24(31)33-17(2)3)18(4)27-25-28-26(29-30(23)25)34-16-19-9-7-6-8-10-19/h6-14,17,23H,5,15-16H2,1-4H3,(H,27,28,29). The SMILES string of the molecule is CCCOc1ccc(C2C(C(=O)OC(C)C)=C(C)Nc3nc(SCc4ccccc4)nn32)cc1. The lowest BCUT2D eigenvalue weighted by molar-refractivity contribution is -0.143. The van der Waals surface area contributed by atoms with Gasteiger partial charge in [-0.1, -0.05) is 61.2 Å². The summed E-state index contributed by atoms with van der Waals surface area (Å²) in [5, 5.41) is 8.67. The molecule has 2 aromatic carbocycles. The van der Waals surface area contributed by atoms with E-state index in [0.717, 1.165) is 23.5 Å². The van der Waals surface area contributed by atoms with Gasteiger partial charge in [-0.2, -0.15) is 4.98 Å². The smallest absolute Gasteiger partial charge is 0.338 e. The van der Waals surface area contributed by atoms with E-state index in [1.165, 1.54) is 5.56 Å². The molecule has 1 atom stereocenters. The number of allylic oxidation sites excluding steroid dienone is 1. The Hall–Kier alpha value is -3.26. The highest BCUT2D eigenvalue weighted by Crippen LogP contribution is 2.37. The largest absolute Gasteiger partial charge is 0.494 e. The lowest BCUT2D eigenvalue weighted by Gasteiger charge is -2.28. The van der Waals surface area contributed by atoms with Crippen LogP contribution < -0.4 is 10.1 Å². The highest BCUT2D eigenvalue weighted by atomic mass is 32.2. The molecule has 7 nitrogen and oxygen atoms in total. The fourth-order valence-electron chi connectivity index (χ4n) is 3.73. The van der Waals surface area contributed by atoms with Crippen LogP contribution in [0.15, 0.2) is 71.0 Å². The van der Waals surface area contributed by atoms with Crippen molar-refractivity contribution in [2.45, 2.75) is 57.2 Å². The lowest BCUT2D eigenvalue weighted by atomic mass is 9.95. The first-order valence-electron chi connectivity index (χ1n) is 11.5. The second-order valence-corrected chi connectivity index (χ2v) is 9.32. The molecule has 0 bridgehead atoms. The van der Waals surface area contributed by atoms with Gasteiger partial charge in [-0.05, 0) is 50.5 Å². The van der Waals surface area contributed by atoms with Crippen LogP contribution in [0.5, 0.6) is 5.75 Å². The molecule has 3 aromatic rings. The molecule has 4 rings (SSSR count). The van der Waals surface area contributed by atoms with Gasteiger partial charge in [-0.3, -0.25) is 0 Å². The first kappa shape index (κ1) is 23.9. The van der Waals surface area contributed by atoms with Crippen LogP contribution in [0.2, 0.25) is 0 Å². The van der Waals surface area contributed by atoms with E-state index in [0.29, 0.717) is 29.0 Å². The molecule has 0 fully saturated rings. The number of fused-ring (bicyclic) bond motifs is 1. The maximum atomic E-state index is 13.1. The minimum absolute atomic E-state index is 0.229. The number of hydrogen-bond acceptors (Lipinski definition) is 7. The summed E-state index contributed by atoms with van der Waals surface area (Å²) in [5.41, 5.74) is 3.34. The van der Waals surface area contributed by atoms with Crippen LogP contribution in [0.4, 0.5) is 5.95 Å². The van der Waals surface area contributed by atoms with E-state index in [2.05, 4.69) is 24.4 Å². The topological polar surface area (TPSA) is 78.3 Å². The molecule has 0 aliphatic carbocycles. The van der Waals surface area contributed by atoms with Gasteiger partial charge in [0.25, 0.3) is 0 Å². The molecule has 34 heavy (non-hydrogen) atoms. The molecular weight excluding hydrogens is 448 g/mol. The van der Waals surface area contributed by atoms with Crippen LogP contribution in [-0.4, -0.2) is 33.4 Å². The van der Waals surface area contributed by atoms with Crippen LogP contribution in [0.3, 0.4) is 0 Å². The number of hydrogen-bond donors (Lipinski definition) is 1. The number of thioether (sulfide) groups is 1. The van der Waals surface area contributed by atoms with Crippen molar-refractivity contribution in [3.63, 3.8) is 0 Å². The van der Waals surface area contributed by atoms with Gasteiger partial charge in [0.1, 0.15) is 11.8 Å². The van der Waals surface area contributed by atoms with Crippen molar-refractivity contribution in [3.8, 4) is 5.75 Å². The number of esters is 1. The molecule has 1 aliphatic heterocycles. The monoisotopic (exact) mass is 478 g/mol. The van der Waals surface area contributed by atoms with Crippen molar-refractivity contribution < 1.29 is 14.3 Å². The molecule has 2 heterocycles. The first-order chi connectivity index (χ1) is 16.5. The molecule has 1 aliphatic rings. The molecule has 0 amide bonds. The van der Waals surface area contributed by atoms with Crippen LogP contribution >= 0.6 is 11.8 Å². The normalized spacial score (nSPS) is 15.1. The maximum Gasteiger partial charge on any atom is 0.338 e. The van der Waals surface area contributed by atoms with Crippen LogP contribution in [-0.2, 0) is 15.3 Å². The average molecular weight is 479 g/mol. The highest BCUT2D eigenvalue weighted by Gasteiger charge is 2.35. The van der Waals surface area contributed by atoms with Gasteiger partial charge in [-0.25, -0.2) is 9.48 Å². The van der Waals surface area contributed by atoms with Crippen molar-refractivity contribution in [2.24, 2.45) is 0 Å². The number of carbonyl (C=O) groups excluding carboxylic acids is 1. The summed E-state index contributed by atoms with van der Waals surface area (Å²) in [6.45, 7) is 8.30. The summed E-state index contributed by atoms with van der Waals surface area (Å²) >= 11 is 1.56. The van der Waals surface area contributed by atoms with Crippen LogP contribution in [0, 0.1) is 0 Å². The van der Waals surface area contributed by atoms with Crippen LogP contribution in [0.25, 0.3) is 0 Å². The third-order valence-corrected chi connectivity index (χ3v) is 6.18. The molecule has 1 N–H and O–H groups in total. The third kappa shape index (κ3) is 5.44. The Morgan fingerprint density at radius 3 is 2.56 bits per heavy atom. The zero-order valence-corrected chi connectivity index (χ0v) is 20.8. The minimum Gasteiger partial charge on any atom is -0.494 e. The van der Waals surface area contributed by atoms with Gasteiger partial charge in [0.2, 0.25) is 11.1 Å². The number of ether oxygens (including phenoxy) is 2. The molecule has 1 aromatic heterocycles. The first-order valence-corrected chi connectivity index (χ1v) is 12.5. The van der Waals surface area contributed by atoms with Gasteiger partial charge in [-0.15, -0.1) is 5.10 Å². The van der Waals surface area contributed by atoms with Crippen molar-refractivity contribution in [2.75, 3.05) is 11.9 Å². The van der Waals surface area contributed by atoms with Crippen molar-refractivity contribution in [1.82, 2.24) is 14.8 Å². The van der Waals surface area contributed by atoms with Gasteiger partial charge in [0.05, 0.1) is 18.3 Å². The number of carbonyl (C=O) groups is 1. The Kier molecular flexibility index (Phi) is 7.57. The number of anilines is 1.